The molecule has 4 heteroatoms. The van der Waals surface area contributed by atoms with E-state index in [2.05, 4.69) is 17.5 Å². The minimum Gasteiger partial charge on any atom is -0.504 e. The molecule has 0 aliphatic heterocycles. The fourth-order valence-corrected chi connectivity index (χ4v) is 3.70. The Morgan fingerprint density at radius 3 is 2.44 bits per heavy atom. The summed E-state index contributed by atoms with van der Waals surface area (Å²) in [5.41, 5.74) is 0.851. The van der Waals surface area contributed by atoms with Gasteiger partial charge in [0.1, 0.15) is 0 Å². The van der Waals surface area contributed by atoms with Crippen molar-refractivity contribution in [1.29, 1.82) is 0 Å². The summed E-state index contributed by atoms with van der Waals surface area (Å²) in [4.78, 5) is 12.3. The Bertz CT molecular complexity index is 614. The number of nitrogens with one attached hydrogen (secondary N) is 1. The monoisotopic (exact) mass is 343 g/mol. The number of rotatable bonds is 6. The number of phenolic OH excluding ortho intramolecular Hbond substituents is 1. The zero-order chi connectivity index (χ0) is 17.6. The Morgan fingerprint density at radius 1 is 1.16 bits per heavy atom. The van der Waals surface area contributed by atoms with E-state index in [0.717, 1.165) is 24.3 Å². The topological polar surface area (TPSA) is 58.6 Å². The molecule has 0 bridgehead atoms. The molecule has 0 aromatic heterocycles. The third-order valence-corrected chi connectivity index (χ3v) is 5.55. The van der Waals surface area contributed by atoms with Crippen LogP contribution in [0.3, 0.4) is 0 Å². The maximum Gasteiger partial charge on any atom is 0.224 e. The van der Waals surface area contributed by atoms with Gasteiger partial charge in [0, 0.05) is 6.04 Å². The van der Waals surface area contributed by atoms with Crippen LogP contribution >= 0.6 is 0 Å². The Labute approximate surface area is 150 Å². The quantitative estimate of drug-likeness (QED) is 0.768. The highest BCUT2D eigenvalue weighted by Gasteiger charge is 2.22. The molecule has 2 aliphatic carbocycles. The summed E-state index contributed by atoms with van der Waals surface area (Å²) in [6.07, 6.45) is 13.7. The third-order valence-electron chi connectivity index (χ3n) is 5.55. The number of aromatic hydroxyl groups is 1. The van der Waals surface area contributed by atoms with Gasteiger partial charge < -0.3 is 15.2 Å². The lowest BCUT2D eigenvalue weighted by molar-refractivity contribution is -0.121. The van der Waals surface area contributed by atoms with Crippen LogP contribution in [0.25, 0.3) is 0 Å². The van der Waals surface area contributed by atoms with E-state index >= 15 is 0 Å². The number of carbonyl (C=O) groups excluding carboxylic acids is 1. The lowest BCUT2D eigenvalue weighted by Crippen LogP contribution is -2.38. The summed E-state index contributed by atoms with van der Waals surface area (Å²) < 4.78 is 5.09. The number of amides is 1. The summed E-state index contributed by atoms with van der Waals surface area (Å²) in [5.74, 6) is 2.07. The van der Waals surface area contributed by atoms with Crippen LogP contribution in [0, 0.1) is 11.8 Å². The van der Waals surface area contributed by atoms with Gasteiger partial charge in [0.2, 0.25) is 5.91 Å². The minimum absolute atomic E-state index is 0.0428. The standard InChI is InChI=1S/C21H29NO3/c1-25-20-13-17(9-12-19(20)23)14-21(24)22-18-10-7-16(8-11-18)6-5-15-3-2-4-15/h5-6,9,12-13,15-16,18,23H,2-4,7-8,10-11,14H2,1H3,(H,22,24)/b6-5+/t16-,18-. The Kier molecular flexibility index (Phi) is 6.00. The largest absolute Gasteiger partial charge is 0.504 e. The lowest BCUT2D eigenvalue weighted by Gasteiger charge is -2.28. The molecule has 1 amide bonds. The maximum absolute atomic E-state index is 12.3. The van der Waals surface area contributed by atoms with Gasteiger partial charge in [-0.15, -0.1) is 0 Å². The van der Waals surface area contributed by atoms with Gasteiger partial charge in [-0.25, -0.2) is 0 Å². The number of ether oxygens (including phenoxy) is 1. The number of carbonyl (C=O) groups is 1. The number of benzene rings is 1. The van der Waals surface area contributed by atoms with E-state index in [1.165, 1.54) is 39.2 Å². The van der Waals surface area contributed by atoms with Crippen molar-refractivity contribution in [3.05, 3.63) is 35.9 Å². The highest BCUT2D eigenvalue weighted by Crippen LogP contribution is 2.31. The maximum atomic E-state index is 12.3. The molecule has 1 aromatic carbocycles. The number of methoxy groups -OCH3 is 1. The average molecular weight is 343 g/mol. The molecular formula is C21H29NO3. The first-order valence-electron chi connectivity index (χ1n) is 9.47. The van der Waals surface area contributed by atoms with Crippen molar-refractivity contribution in [1.82, 2.24) is 5.32 Å². The number of phenols is 1. The molecule has 2 fully saturated rings. The predicted molar refractivity (Wildman–Crippen MR) is 98.7 cm³/mol. The van der Waals surface area contributed by atoms with Gasteiger partial charge in [-0.1, -0.05) is 24.6 Å². The summed E-state index contributed by atoms with van der Waals surface area (Å²) in [6, 6.07) is 5.34. The second kappa shape index (κ2) is 8.41. The summed E-state index contributed by atoms with van der Waals surface area (Å²) in [7, 11) is 1.51. The van der Waals surface area contributed by atoms with Crippen molar-refractivity contribution in [2.45, 2.75) is 57.4 Å². The summed E-state index contributed by atoms with van der Waals surface area (Å²) >= 11 is 0. The first-order chi connectivity index (χ1) is 12.1. The zero-order valence-electron chi connectivity index (χ0n) is 15.0. The van der Waals surface area contributed by atoms with E-state index < -0.39 is 0 Å². The molecule has 0 atom stereocenters. The second-order valence-electron chi connectivity index (χ2n) is 7.44. The summed E-state index contributed by atoms with van der Waals surface area (Å²) in [5, 5.41) is 12.8. The van der Waals surface area contributed by atoms with Crippen molar-refractivity contribution >= 4 is 5.91 Å². The third kappa shape index (κ3) is 5.00. The molecule has 0 heterocycles. The van der Waals surface area contributed by atoms with E-state index in [1.807, 2.05) is 0 Å². The molecule has 2 aliphatic rings. The van der Waals surface area contributed by atoms with Crippen LogP contribution in [0.2, 0.25) is 0 Å². The predicted octanol–water partition coefficient (Wildman–Crippen LogP) is 3.97. The SMILES string of the molecule is COc1cc(CC(=O)N[C@H]2CC[C@H](/C=C/C3CCC3)CC2)ccc1O. The van der Waals surface area contributed by atoms with Gasteiger partial charge in [-0.3, -0.25) is 4.79 Å². The average Bonchev–Trinajstić information content (AvgIpc) is 2.56. The molecule has 0 saturated heterocycles. The molecule has 1 aromatic rings. The molecule has 2 N–H and O–H groups in total. The number of hydrogen-bond acceptors (Lipinski definition) is 3. The van der Waals surface area contributed by atoms with Crippen molar-refractivity contribution in [3.63, 3.8) is 0 Å². The lowest BCUT2D eigenvalue weighted by atomic mass is 9.81. The molecule has 4 nitrogen and oxygen atoms in total. The Morgan fingerprint density at radius 2 is 1.84 bits per heavy atom. The fourth-order valence-electron chi connectivity index (χ4n) is 3.70. The fraction of sp³-hybridized carbons (Fsp3) is 0.571. The normalized spacial score (nSPS) is 24.0. The molecule has 25 heavy (non-hydrogen) atoms. The van der Waals surface area contributed by atoms with Crippen molar-refractivity contribution in [2.24, 2.45) is 11.8 Å². The van der Waals surface area contributed by atoms with Crippen LogP contribution in [0.1, 0.15) is 50.5 Å². The molecule has 0 radical (unpaired) electrons. The van der Waals surface area contributed by atoms with E-state index in [-0.39, 0.29) is 11.7 Å². The second-order valence-corrected chi connectivity index (χ2v) is 7.44. The highest BCUT2D eigenvalue weighted by atomic mass is 16.5. The van der Waals surface area contributed by atoms with Gasteiger partial charge in [-0.2, -0.15) is 0 Å². The molecule has 0 spiro atoms. The van der Waals surface area contributed by atoms with E-state index in [1.54, 1.807) is 18.2 Å². The minimum atomic E-state index is 0.0428. The first-order valence-corrected chi connectivity index (χ1v) is 9.47. The molecule has 136 valence electrons. The van der Waals surface area contributed by atoms with Gasteiger partial charge in [0.15, 0.2) is 11.5 Å². The molecule has 2 saturated carbocycles. The number of allylic oxidation sites excluding steroid dienone is 2. The van der Waals surface area contributed by atoms with Crippen molar-refractivity contribution in [2.75, 3.05) is 7.11 Å². The van der Waals surface area contributed by atoms with Crippen molar-refractivity contribution in [3.8, 4) is 11.5 Å². The van der Waals surface area contributed by atoms with Crippen LogP contribution in [0.4, 0.5) is 0 Å². The van der Waals surface area contributed by atoms with Gasteiger partial charge in [0.25, 0.3) is 0 Å². The molecule has 0 unspecified atom stereocenters. The van der Waals surface area contributed by atoms with E-state index in [9.17, 15) is 9.90 Å². The van der Waals surface area contributed by atoms with Crippen LogP contribution in [-0.2, 0) is 11.2 Å². The highest BCUT2D eigenvalue weighted by molar-refractivity contribution is 5.79. The molecule has 3 rings (SSSR count). The zero-order valence-corrected chi connectivity index (χ0v) is 15.0. The van der Waals surface area contributed by atoms with Crippen LogP contribution in [0.15, 0.2) is 30.4 Å². The van der Waals surface area contributed by atoms with Crippen LogP contribution in [-0.4, -0.2) is 24.2 Å². The van der Waals surface area contributed by atoms with Gasteiger partial charge in [-0.05, 0) is 68.1 Å². The van der Waals surface area contributed by atoms with Crippen LogP contribution in [0.5, 0.6) is 11.5 Å². The van der Waals surface area contributed by atoms with E-state index in [4.69, 9.17) is 4.74 Å². The van der Waals surface area contributed by atoms with Gasteiger partial charge >= 0.3 is 0 Å². The van der Waals surface area contributed by atoms with Crippen molar-refractivity contribution < 1.29 is 14.6 Å². The smallest absolute Gasteiger partial charge is 0.224 e. The van der Waals surface area contributed by atoms with Gasteiger partial charge in [0.05, 0.1) is 13.5 Å². The number of hydrogen-bond donors (Lipinski definition) is 2. The Hall–Kier alpha value is -1.97. The van der Waals surface area contributed by atoms with Crippen LogP contribution < -0.4 is 10.1 Å². The van der Waals surface area contributed by atoms with E-state index in [0.29, 0.717) is 24.1 Å². The molecular weight excluding hydrogens is 314 g/mol. The Balaban J connectivity index is 1.42. The first kappa shape index (κ1) is 17.8. The summed E-state index contributed by atoms with van der Waals surface area (Å²) in [6.45, 7) is 0.